The average Bonchev–Trinajstić information content (AvgIpc) is 3.24. The fourth-order valence-corrected chi connectivity index (χ4v) is 3.41. The van der Waals surface area contributed by atoms with Crippen molar-refractivity contribution in [2.45, 2.75) is 31.8 Å². The van der Waals surface area contributed by atoms with Gasteiger partial charge in [0.05, 0.1) is 13.1 Å². The van der Waals surface area contributed by atoms with Gasteiger partial charge in [0.2, 0.25) is 0 Å². The molecule has 7 nitrogen and oxygen atoms in total. The number of fused-ring (bicyclic) bond motifs is 1. The summed E-state index contributed by atoms with van der Waals surface area (Å²) in [6.07, 6.45) is 3.29. The minimum Gasteiger partial charge on any atom is -0.442 e. The van der Waals surface area contributed by atoms with E-state index >= 15 is 0 Å². The van der Waals surface area contributed by atoms with Gasteiger partial charge in [0, 0.05) is 16.9 Å². The number of H-pyrrole nitrogens is 1. The van der Waals surface area contributed by atoms with Crippen LogP contribution in [0.2, 0.25) is 0 Å². The van der Waals surface area contributed by atoms with Crippen molar-refractivity contribution in [3.05, 3.63) is 47.3 Å². The first-order chi connectivity index (χ1) is 12.2. The number of ether oxygens (including phenoxy) is 1. The number of hydrogen-bond acceptors (Lipinski definition) is 4. The van der Waals surface area contributed by atoms with Gasteiger partial charge in [0.1, 0.15) is 6.10 Å². The minimum absolute atomic E-state index is 0.214. The van der Waals surface area contributed by atoms with Crippen molar-refractivity contribution in [1.82, 2.24) is 15.5 Å². The first-order valence-electron chi connectivity index (χ1n) is 8.60. The second-order valence-electron chi connectivity index (χ2n) is 6.40. The smallest absolute Gasteiger partial charge is 0.414 e. The van der Waals surface area contributed by atoms with E-state index in [1.807, 2.05) is 30.3 Å². The Morgan fingerprint density at radius 3 is 2.92 bits per heavy atom. The molecule has 1 unspecified atom stereocenters. The minimum atomic E-state index is -0.386. The highest BCUT2D eigenvalue weighted by atomic mass is 16.6. The number of aromatic nitrogens is 2. The summed E-state index contributed by atoms with van der Waals surface area (Å²) in [6.45, 7) is 0.692. The third-order valence-electron chi connectivity index (χ3n) is 4.70. The van der Waals surface area contributed by atoms with Crippen LogP contribution < -0.4 is 10.2 Å². The topological polar surface area (TPSA) is 87.3 Å². The van der Waals surface area contributed by atoms with Crippen LogP contribution in [0, 0.1) is 0 Å². The van der Waals surface area contributed by atoms with Gasteiger partial charge in [-0.15, -0.1) is 0 Å². The van der Waals surface area contributed by atoms with Gasteiger partial charge in [-0.05, 0) is 37.8 Å². The Morgan fingerprint density at radius 2 is 2.08 bits per heavy atom. The van der Waals surface area contributed by atoms with E-state index in [-0.39, 0.29) is 24.6 Å². The second kappa shape index (κ2) is 6.58. The predicted octanol–water partition coefficient (Wildman–Crippen LogP) is 2.04. The molecule has 0 bridgehead atoms. The third-order valence-corrected chi connectivity index (χ3v) is 4.70. The number of rotatable bonds is 4. The monoisotopic (exact) mass is 340 g/mol. The number of amides is 2. The number of benzene rings is 1. The molecule has 0 radical (unpaired) electrons. The molecule has 1 atom stereocenters. The molecule has 1 saturated heterocycles. The average molecular weight is 340 g/mol. The molecular formula is C18H20N4O3. The molecule has 2 heterocycles. The van der Waals surface area contributed by atoms with E-state index in [0.29, 0.717) is 12.2 Å². The van der Waals surface area contributed by atoms with Crippen LogP contribution in [-0.4, -0.2) is 41.4 Å². The van der Waals surface area contributed by atoms with Crippen molar-refractivity contribution >= 4 is 17.7 Å². The summed E-state index contributed by atoms with van der Waals surface area (Å²) in [5, 5.41) is 9.98. The highest BCUT2D eigenvalue weighted by Gasteiger charge is 2.32. The maximum absolute atomic E-state index is 12.4. The first kappa shape index (κ1) is 15.7. The highest BCUT2D eigenvalue weighted by molar-refractivity contribution is 5.94. The molecule has 2 N–H and O–H groups in total. The Labute approximate surface area is 145 Å². The van der Waals surface area contributed by atoms with Crippen LogP contribution in [-0.2, 0) is 17.6 Å². The van der Waals surface area contributed by atoms with Crippen LogP contribution in [0.25, 0.3) is 0 Å². The zero-order valence-electron chi connectivity index (χ0n) is 13.8. The number of aryl methyl sites for hydroxylation is 1. The maximum atomic E-state index is 12.4. The number of aromatic amines is 1. The number of nitrogens with zero attached hydrogens (tertiary/aromatic N) is 2. The number of anilines is 1. The molecule has 25 heavy (non-hydrogen) atoms. The Morgan fingerprint density at radius 1 is 1.28 bits per heavy atom. The lowest BCUT2D eigenvalue weighted by atomic mass is 9.96. The molecule has 7 heteroatoms. The second-order valence-corrected chi connectivity index (χ2v) is 6.40. The summed E-state index contributed by atoms with van der Waals surface area (Å²) in [5.41, 5.74) is 3.36. The summed E-state index contributed by atoms with van der Waals surface area (Å²) in [6, 6.07) is 9.36. The SMILES string of the molecule is O=C(NCC1CN(c2ccccc2)C(=O)O1)c1n[nH]c2c1CCCC2. The van der Waals surface area contributed by atoms with Crippen LogP contribution >= 0.6 is 0 Å². The van der Waals surface area contributed by atoms with Gasteiger partial charge in [-0.25, -0.2) is 4.79 Å². The van der Waals surface area contributed by atoms with Crippen molar-refractivity contribution in [3.63, 3.8) is 0 Å². The lowest BCUT2D eigenvalue weighted by molar-refractivity contribution is 0.0910. The number of carbonyl (C=O) groups is 2. The van der Waals surface area contributed by atoms with E-state index in [4.69, 9.17) is 4.74 Å². The van der Waals surface area contributed by atoms with Crippen LogP contribution in [0.5, 0.6) is 0 Å². The van der Waals surface area contributed by atoms with E-state index < -0.39 is 0 Å². The molecule has 4 rings (SSSR count). The maximum Gasteiger partial charge on any atom is 0.414 e. The van der Waals surface area contributed by atoms with E-state index in [9.17, 15) is 9.59 Å². The van der Waals surface area contributed by atoms with E-state index in [1.54, 1.807) is 4.90 Å². The van der Waals surface area contributed by atoms with Crippen LogP contribution in [0.4, 0.5) is 10.5 Å². The molecular weight excluding hydrogens is 320 g/mol. The quantitative estimate of drug-likeness (QED) is 0.892. The van der Waals surface area contributed by atoms with Gasteiger partial charge in [-0.1, -0.05) is 18.2 Å². The zero-order valence-corrected chi connectivity index (χ0v) is 13.8. The number of para-hydroxylation sites is 1. The van der Waals surface area contributed by atoms with Gasteiger partial charge < -0.3 is 10.1 Å². The van der Waals surface area contributed by atoms with Crippen molar-refractivity contribution in [2.75, 3.05) is 18.0 Å². The van der Waals surface area contributed by atoms with Crippen molar-refractivity contribution in [1.29, 1.82) is 0 Å². The number of hydrogen-bond donors (Lipinski definition) is 2. The Kier molecular flexibility index (Phi) is 4.13. The molecule has 0 spiro atoms. The Hall–Kier alpha value is -2.83. The van der Waals surface area contributed by atoms with E-state index in [2.05, 4.69) is 15.5 Å². The molecule has 1 aliphatic carbocycles. The Balaban J connectivity index is 1.37. The summed E-state index contributed by atoms with van der Waals surface area (Å²) in [4.78, 5) is 26.0. The number of carbonyl (C=O) groups excluding carboxylic acids is 2. The fourth-order valence-electron chi connectivity index (χ4n) is 3.41. The fraction of sp³-hybridized carbons (Fsp3) is 0.389. The van der Waals surface area contributed by atoms with Crippen LogP contribution in [0.1, 0.15) is 34.6 Å². The first-order valence-corrected chi connectivity index (χ1v) is 8.60. The summed E-state index contributed by atoms with van der Waals surface area (Å²) >= 11 is 0. The van der Waals surface area contributed by atoms with Crippen molar-refractivity contribution < 1.29 is 14.3 Å². The molecule has 2 aromatic rings. The zero-order chi connectivity index (χ0) is 17.2. The summed E-state index contributed by atoms with van der Waals surface area (Å²) < 4.78 is 5.35. The molecule has 1 fully saturated rings. The van der Waals surface area contributed by atoms with Gasteiger partial charge >= 0.3 is 6.09 Å². The van der Waals surface area contributed by atoms with Crippen molar-refractivity contribution in [2.24, 2.45) is 0 Å². The van der Waals surface area contributed by atoms with Crippen LogP contribution in [0.3, 0.4) is 0 Å². The molecule has 2 aliphatic rings. The van der Waals surface area contributed by atoms with E-state index in [1.165, 1.54) is 0 Å². The normalized spacial score (nSPS) is 19.4. The molecule has 1 aromatic heterocycles. The molecule has 2 amide bonds. The van der Waals surface area contributed by atoms with Gasteiger partial charge in [0.25, 0.3) is 5.91 Å². The largest absolute Gasteiger partial charge is 0.442 e. The third kappa shape index (κ3) is 3.09. The van der Waals surface area contributed by atoms with Gasteiger partial charge in [-0.3, -0.25) is 14.8 Å². The molecule has 1 aromatic carbocycles. The molecule has 130 valence electrons. The summed E-state index contributed by atoms with van der Waals surface area (Å²) in [5.74, 6) is -0.214. The lowest BCUT2D eigenvalue weighted by Gasteiger charge is -2.13. The number of nitrogens with one attached hydrogen (secondary N) is 2. The summed E-state index contributed by atoms with van der Waals surface area (Å²) in [7, 11) is 0. The van der Waals surface area contributed by atoms with Gasteiger partial charge in [0.15, 0.2) is 5.69 Å². The standard InChI is InChI=1S/C18H20N4O3/c23-17(16-14-8-4-5-9-15(14)20-21-16)19-10-13-11-22(18(24)25-13)12-6-2-1-3-7-12/h1-3,6-7,13H,4-5,8-11H2,(H,19,23)(H,20,21). The van der Waals surface area contributed by atoms with E-state index in [0.717, 1.165) is 42.6 Å². The lowest BCUT2D eigenvalue weighted by Crippen LogP contribution is -2.35. The van der Waals surface area contributed by atoms with Crippen molar-refractivity contribution in [3.8, 4) is 0 Å². The highest BCUT2D eigenvalue weighted by Crippen LogP contribution is 2.23. The molecule has 1 aliphatic heterocycles. The van der Waals surface area contributed by atoms with Crippen LogP contribution in [0.15, 0.2) is 30.3 Å². The predicted molar refractivity (Wildman–Crippen MR) is 91.6 cm³/mol. The van der Waals surface area contributed by atoms with Gasteiger partial charge in [-0.2, -0.15) is 5.10 Å². The Bertz CT molecular complexity index is 787. The molecule has 0 saturated carbocycles. The number of cyclic esters (lactones) is 1.